The average molecular weight is 983 g/mol. The molecule has 0 saturated heterocycles. The van der Waals surface area contributed by atoms with Crippen LogP contribution in [0.15, 0.2) is 218 Å². The van der Waals surface area contributed by atoms with Crippen LogP contribution in [-0.4, -0.2) is 21.8 Å². The minimum atomic E-state index is -2.95. The van der Waals surface area contributed by atoms with Gasteiger partial charge in [0.25, 0.3) is 0 Å². The number of ether oxygens (including phenoxy) is 1. The van der Waals surface area contributed by atoms with Crippen LogP contribution >= 0.6 is 0 Å². The van der Waals surface area contributed by atoms with E-state index in [0.29, 0.717) is 5.56 Å². The van der Waals surface area contributed by atoms with Crippen molar-refractivity contribution in [2.75, 3.05) is 0 Å². The largest absolute Gasteiger partial charge is 0.458 e. The van der Waals surface area contributed by atoms with Gasteiger partial charge in [0, 0.05) is 49.4 Å². The third kappa shape index (κ3) is 6.67. The Morgan fingerprint density at radius 2 is 0.773 bits per heavy atom. The summed E-state index contributed by atoms with van der Waals surface area (Å²) in [5.74, 6) is 1.81. The predicted molar refractivity (Wildman–Crippen MR) is 315 cm³/mol. The zero-order valence-corrected chi connectivity index (χ0v) is 44.0. The molecule has 6 heteroatoms. The van der Waals surface area contributed by atoms with Crippen LogP contribution in [-0.2, 0) is 10.8 Å². The summed E-state index contributed by atoms with van der Waals surface area (Å²) in [6.45, 7) is 13.8. The lowest BCUT2D eigenvalue weighted by atomic mass is 9.85. The Bertz CT molecular complexity index is 4420. The molecule has 0 fully saturated rings. The molecule has 0 atom stereocenters. The average Bonchev–Trinajstić information content (AvgIpc) is 4.08. The molecular weight excluding hydrogens is 929 g/mol. The smallest absolute Gasteiger partial charge is 0.188 e. The molecule has 5 nitrogen and oxygen atoms in total. The van der Waals surface area contributed by atoms with Crippen LogP contribution in [0, 0.1) is 11.3 Å². The van der Waals surface area contributed by atoms with Gasteiger partial charge in [0.2, 0.25) is 0 Å². The first-order chi connectivity index (χ1) is 36.4. The van der Waals surface area contributed by atoms with Crippen molar-refractivity contribution in [3.63, 3.8) is 0 Å². The van der Waals surface area contributed by atoms with Crippen molar-refractivity contribution in [2.24, 2.45) is 0 Å². The van der Waals surface area contributed by atoms with E-state index in [0.717, 1.165) is 72.2 Å². The maximum absolute atomic E-state index is 9.99. The summed E-state index contributed by atoms with van der Waals surface area (Å²) < 4.78 is 14.2. The Morgan fingerprint density at radius 3 is 1.32 bits per heavy atom. The number of hydrogen-bond acceptors (Lipinski definition) is 2. The summed E-state index contributed by atoms with van der Waals surface area (Å²) in [5, 5.41) is 22.1. The summed E-state index contributed by atoms with van der Waals surface area (Å²) >= 11 is 0. The van der Waals surface area contributed by atoms with E-state index in [2.05, 4.69) is 268 Å². The fourth-order valence-corrected chi connectivity index (χ4v) is 17.4. The van der Waals surface area contributed by atoms with Gasteiger partial charge >= 0.3 is 0 Å². The molecular formula is C69H54N4OSi. The van der Waals surface area contributed by atoms with Crippen LogP contribution in [0.25, 0.3) is 82.5 Å². The Balaban J connectivity index is 1.06. The van der Waals surface area contributed by atoms with Gasteiger partial charge < -0.3 is 18.4 Å². The Morgan fingerprint density at radius 1 is 0.360 bits per heavy atom. The third-order valence-corrected chi connectivity index (χ3v) is 20.9. The fraction of sp³-hybridized carbons (Fsp3) is 0.116. The van der Waals surface area contributed by atoms with Gasteiger partial charge in [-0.1, -0.05) is 151 Å². The standard InChI is InChI=1S/C69H54N4OSi/c1-68(2,3)45-26-32-60-54(38-45)55-39-46(69(4,5)6)27-33-61(55)72(60)48-29-35-63-57(41-48)56-40-47(71-58-22-14-13-21-52(58)53-37-44(43-70)25-31-59(53)71)28-34-62(56)73(63)49-30-36-65-67(42-49)75(50-17-9-7-10-18-50,51-19-11-8-12-20-51)66-24-16-15-23-64(66)74-65/h7-42H,1-6H3. The molecule has 4 heterocycles. The van der Waals surface area contributed by atoms with Crippen LogP contribution in [0.5, 0.6) is 11.5 Å². The second kappa shape index (κ2) is 16.3. The molecule has 360 valence electrons. The van der Waals surface area contributed by atoms with Gasteiger partial charge in [-0.2, -0.15) is 5.26 Å². The highest BCUT2D eigenvalue weighted by Gasteiger charge is 2.48. The van der Waals surface area contributed by atoms with Crippen molar-refractivity contribution in [3.8, 4) is 34.6 Å². The van der Waals surface area contributed by atoms with Crippen molar-refractivity contribution in [3.05, 3.63) is 235 Å². The molecule has 14 rings (SSSR count). The van der Waals surface area contributed by atoms with E-state index in [-0.39, 0.29) is 10.8 Å². The zero-order valence-electron chi connectivity index (χ0n) is 43.0. The number of nitriles is 1. The van der Waals surface area contributed by atoms with Gasteiger partial charge in [0.05, 0.1) is 44.7 Å². The van der Waals surface area contributed by atoms with E-state index in [1.54, 1.807) is 0 Å². The van der Waals surface area contributed by atoms with E-state index in [1.807, 2.05) is 12.1 Å². The molecule has 1 aliphatic rings. The lowest BCUT2D eigenvalue weighted by molar-refractivity contribution is 0.487. The Labute approximate surface area is 437 Å². The summed E-state index contributed by atoms with van der Waals surface area (Å²) in [6.07, 6.45) is 0. The molecule has 0 amide bonds. The molecule has 75 heavy (non-hydrogen) atoms. The lowest BCUT2D eigenvalue weighted by Crippen LogP contribution is -2.76. The summed E-state index contributed by atoms with van der Waals surface area (Å²) in [4.78, 5) is 0. The third-order valence-electron chi connectivity index (χ3n) is 16.1. The maximum atomic E-state index is 9.99. The second-order valence-electron chi connectivity index (χ2n) is 22.5. The molecule has 0 aliphatic carbocycles. The number of hydrogen-bond donors (Lipinski definition) is 0. The van der Waals surface area contributed by atoms with Crippen LogP contribution < -0.4 is 25.5 Å². The first-order valence-electron chi connectivity index (χ1n) is 26.0. The zero-order chi connectivity index (χ0) is 51.0. The molecule has 0 unspecified atom stereocenters. The Kier molecular flexibility index (Phi) is 9.73. The highest BCUT2D eigenvalue weighted by molar-refractivity contribution is 7.20. The van der Waals surface area contributed by atoms with Crippen molar-refractivity contribution >= 4 is 94.2 Å². The molecule has 0 saturated carbocycles. The van der Waals surface area contributed by atoms with Gasteiger partial charge in [0.1, 0.15) is 11.5 Å². The highest BCUT2D eigenvalue weighted by Crippen LogP contribution is 2.42. The quantitative estimate of drug-likeness (QED) is 0.161. The topological polar surface area (TPSA) is 47.8 Å². The minimum absolute atomic E-state index is 0.00633. The van der Waals surface area contributed by atoms with E-state index in [1.165, 1.54) is 53.7 Å². The number of rotatable bonds is 5. The SMILES string of the molecule is CC(C)(C)c1ccc2c(c1)c1cc(C(C)(C)C)ccc1n2-c1ccc2c(c1)c1cc(-n3c4ccccc4c4cc(C#N)ccc43)ccc1n2-c1ccc2c(c1)[Si](c1ccccc1)(c1ccccc1)c1ccccc1O2. The summed E-state index contributed by atoms with van der Waals surface area (Å²) in [5.41, 5.74) is 13.3. The normalized spacial score (nSPS) is 13.4. The first-order valence-corrected chi connectivity index (χ1v) is 28.0. The van der Waals surface area contributed by atoms with Gasteiger partial charge in [-0.3, -0.25) is 0 Å². The monoisotopic (exact) mass is 982 g/mol. The molecule has 0 bridgehead atoms. The Hall–Kier alpha value is -8.89. The molecule has 1 aliphatic heterocycles. The minimum Gasteiger partial charge on any atom is -0.458 e. The maximum Gasteiger partial charge on any atom is 0.188 e. The molecule has 0 radical (unpaired) electrons. The van der Waals surface area contributed by atoms with Gasteiger partial charge in [0.15, 0.2) is 8.07 Å². The molecule has 13 aromatic rings. The summed E-state index contributed by atoms with van der Waals surface area (Å²) in [6, 6.07) is 82.9. The number of fused-ring (bicyclic) bond motifs is 11. The molecule has 0 spiro atoms. The van der Waals surface area contributed by atoms with Crippen molar-refractivity contribution in [1.82, 2.24) is 13.7 Å². The van der Waals surface area contributed by atoms with Gasteiger partial charge in [-0.05, 0) is 152 Å². The van der Waals surface area contributed by atoms with Crippen LogP contribution in [0.2, 0.25) is 0 Å². The predicted octanol–water partition coefficient (Wildman–Crippen LogP) is 14.9. The van der Waals surface area contributed by atoms with Crippen molar-refractivity contribution < 1.29 is 4.74 Å². The molecule has 3 aromatic heterocycles. The number of benzene rings is 10. The van der Waals surface area contributed by atoms with Crippen LogP contribution in [0.4, 0.5) is 0 Å². The van der Waals surface area contributed by atoms with Crippen molar-refractivity contribution in [1.29, 1.82) is 5.26 Å². The van der Waals surface area contributed by atoms with E-state index in [9.17, 15) is 5.26 Å². The second-order valence-corrected chi connectivity index (χ2v) is 26.2. The molecule has 0 N–H and O–H groups in total. The van der Waals surface area contributed by atoms with Crippen molar-refractivity contribution in [2.45, 2.75) is 52.4 Å². The highest BCUT2D eigenvalue weighted by atomic mass is 28.3. The first kappa shape index (κ1) is 44.8. The fourth-order valence-electron chi connectivity index (χ4n) is 12.4. The van der Waals surface area contributed by atoms with Gasteiger partial charge in [-0.25, -0.2) is 0 Å². The number of aromatic nitrogens is 3. The summed E-state index contributed by atoms with van der Waals surface area (Å²) in [7, 11) is -2.95. The molecule has 10 aromatic carbocycles. The number of para-hydroxylation sites is 2. The van der Waals surface area contributed by atoms with E-state index >= 15 is 0 Å². The van der Waals surface area contributed by atoms with E-state index in [4.69, 9.17) is 4.74 Å². The van der Waals surface area contributed by atoms with Crippen LogP contribution in [0.1, 0.15) is 58.2 Å². The van der Waals surface area contributed by atoms with Gasteiger partial charge in [-0.15, -0.1) is 0 Å². The lowest BCUT2D eigenvalue weighted by Gasteiger charge is -2.39. The van der Waals surface area contributed by atoms with E-state index < -0.39 is 8.07 Å². The van der Waals surface area contributed by atoms with Crippen LogP contribution in [0.3, 0.4) is 0 Å². The number of nitrogens with zero attached hydrogens (tertiary/aromatic N) is 4.